The molecule has 0 fully saturated rings. The van der Waals surface area contributed by atoms with E-state index in [9.17, 15) is 5.11 Å². The number of fused-ring (bicyclic) bond motifs is 1. The van der Waals surface area contributed by atoms with E-state index < -0.39 is 0 Å². The van der Waals surface area contributed by atoms with E-state index in [1.54, 1.807) is 16.7 Å². The molecule has 0 aromatic carbocycles. The van der Waals surface area contributed by atoms with Gasteiger partial charge in [0.15, 0.2) is 5.65 Å². The van der Waals surface area contributed by atoms with Gasteiger partial charge in [0.05, 0.1) is 0 Å². The molecule has 0 aliphatic carbocycles. The van der Waals surface area contributed by atoms with Crippen molar-refractivity contribution in [2.24, 2.45) is 0 Å². The van der Waals surface area contributed by atoms with E-state index in [1.165, 1.54) is 0 Å². The fourth-order valence-corrected chi connectivity index (χ4v) is 2.01. The van der Waals surface area contributed by atoms with Gasteiger partial charge in [0.2, 0.25) is 0 Å². The lowest BCUT2D eigenvalue weighted by atomic mass is 10.2. The van der Waals surface area contributed by atoms with Gasteiger partial charge in [-0.25, -0.2) is 4.98 Å². The first-order chi connectivity index (χ1) is 8.21. The number of aromatic hydroxyl groups is 1. The van der Waals surface area contributed by atoms with Gasteiger partial charge in [-0.3, -0.25) is 4.57 Å². The van der Waals surface area contributed by atoms with Gasteiger partial charge in [-0.1, -0.05) is 13.8 Å². The van der Waals surface area contributed by atoms with Crippen molar-refractivity contribution in [1.29, 1.82) is 5.26 Å². The summed E-state index contributed by atoms with van der Waals surface area (Å²) in [5, 5.41) is 18.7. The van der Waals surface area contributed by atoms with E-state index in [-0.39, 0.29) is 12.1 Å². The van der Waals surface area contributed by atoms with Gasteiger partial charge in [-0.15, -0.1) is 0 Å². The molecule has 2 aromatic rings. The van der Waals surface area contributed by atoms with E-state index in [0.29, 0.717) is 16.9 Å². The number of nitriles is 1. The van der Waals surface area contributed by atoms with Crippen LogP contribution in [0, 0.1) is 11.3 Å². The highest BCUT2D eigenvalue weighted by Gasteiger charge is 2.17. The summed E-state index contributed by atoms with van der Waals surface area (Å²) in [6.45, 7) is 4.10. The Morgan fingerprint density at radius 1 is 1.35 bits per heavy atom. The largest absolute Gasteiger partial charge is 0.480 e. The van der Waals surface area contributed by atoms with E-state index >= 15 is 0 Å². The second kappa shape index (κ2) is 4.42. The fourth-order valence-electron chi connectivity index (χ4n) is 2.01. The molecule has 0 bridgehead atoms. The van der Waals surface area contributed by atoms with E-state index in [2.05, 4.69) is 9.97 Å². The van der Waals surface area contributed by atoms with E-state index in [0.717, 1.165) is 12.8 Å². The molecule has 5 nitrogen and oxygen atoms in total. The Bertz CT molecular complexity index is 578. The molecule has 0 atom stereocenters. The summed E-state index contributed by atoms with van der Waals surface area (Å²) in [7, 11) is 0. The normalized spacial score (nSPS) is 10.9. The first kappa shape index (κ1) is 11.4. The maximum absolute atomic E-state index is 9.86. The van der Waals surface area contributed by atoms with Gasteiger partial charge in [-0.2, -0.15) is 10.2 Å². The fraction of sp³-hybridized carbons (Fsp3) is 0.417. The minimum atomic E-state index is -0.0312. The molecule has 5 heteroatoms. The lowest BCUT2D eigenvalue weighted by Gasteiger charge is -2.15. The lowest BCUT2D eigenvalue weighted by Crippen LogP contribution is -2.07. The number of imidazole rings is 1. The van der Waals surface area contributed by atoms with Crippen LogP contribution in [0.4, 0.5) is 0 Å². The number of aromatic nitrogens is 3. The summed E-state index contributed by atoms with van der Waals surface area (Å²) in [5.74, 6) is 0. The zero-order valence-corrected chi connectivity index (χ0v) is 9.88. The molecule has 88 valence electrons. The minimum Gasteiger partial charge on any atom is -0.480 e. The zero-order chi connectivity index (χ0) is 12.4. The molecule has 0 saturated heterocycles. The Labute approximate surface area is 99.3 Å². The Hall–Kier alpha value is -2.09. The Kier molecular flexibility index (Phi) is 2.96. The van der Waals surface area contributed by atoms with Crippen molar-refractivity contribution < 1.29 is 5.11 Å². The topological polar surface area (TPSA) is 74.7 Å². The van der Waals surface area contributed by atoms with Crippen molar-refractivity contribution in [1.82, 2.24) is 14.5 Å². The standard InChI is InChI=1S/C12H14N4O/c1-3-9(4-2)16-11-10(15-12(16)17)6-5-8(7-13)14-11/h5-6,9H,3-4H2,1-2H3,(H,15,17). The number of hydrogen-bond acceptors (Lipinski definition) is 4. The van der Waals surface area contributed by atoms with Crippen LogP contribution in [-0.2, 0) is 0 Å². The van der Waals surface area contributed by atoms with Crippen LogP contribution >= 0.6 is 0 Å². The predicted molar refractivity (Wildman–Crippen MR) is 63.5 cm³/mol. The lowest BCUT2D eigenvalue weighted by molar-refractivity contribution is 0.360. The summed E-state index contributed by atoms with van der Waals surface area (Å²) >= 11 is 0. The first-order valence-electron chi connectivity index (χ1n) is 5.69. The minimum absolute atomic E-state index is 0.0312. The average molecular weight is 230 g/mol. The van der Waals surface area contributed by atoms with Crippen LogP contribution in [-0.4, -0.2) is 19.6 Å². The molecule has 1 N–H and O–H groups in total. The van der Waals surface area contributed by atoms with Crippen molar-refractivity contribution in [2.45, 2.75) is 32.7 Å². The molecular formula is C12H14N4O. The van der Waals surface area contributed by atoms with Crippen LogP contribution in [0.15, 0.2) is 12.1 Å². The molecule has 17 heavy (non-hydrogen) atoms. The molecule has 2 heterocycles. The van der Waals surface area contributed by atoms with Crippen LogP contribution < -0.4 is 0 Å². The van der Waals surface area contributed by atoms with Crippen molar-refractivity contribution in [3.63, 3.8) is 0 Å². The number of nitrogens with zero attached hydrogens (tertiary/aromatic N) is 4. The predicted octanol–water partition coefficient (Wildman–Crippen LogP) is 2.37. The molecular weight excluding hydrogens is 216 g/mol. The van der Waals surface area contributed by atoms with Crippen LogP contribution in [0.25, 0.3) is 11.2 Å². The van der Waals surface area contributed by atoms with Gasteiger partial charge in [0.1, 0.15) is 17.3 Å². The summed E-state index contributed by atoms with van der Waals surface area (Å²) < 4.78 is 1.70. The SMILES string of the molecule is CCC(CC)n1c(O)nc2ccc(C#N)nc21. The van der Waals surface area contributed by atoms with Gasteiger partial charge in [0, 0.05) is 6.04 Å². The maximum Gasteiger partial charge on any atom is 0.296 e. The Morgan fingerprint density at radius 3 is 2.65 bits per heavy atom. The molecule has 2 rings (SSSR count). The third kappa shape index (κ3) is 1.82. The van der Waals surface area contributed by atoms with Crippen molar-refractivity contribution >= 4 is 11.2 Å². The molecule has 0 radical (unpaired) electrons. The molecule has 2 aromatic heterocycles. The highest BCUT2D eigenvalue weighted by Crippen LogP contribution is 2.27. The van der Waals surface area contributed by atoms with Crippen LogP contribution in [0.1, 0.15) is 38.4 Å². The number of hydrogen-bond donors (Lipinski definition) is 1. The Morgan fingerprint density at radius 2 is 2.06 bits per heavy atom. The van der Waals surface area contributed by atoms with Crippen molar-refractivity contribution in [3.8, 4) is 12.1 Å². The summed E-state index contributed by atoms with van der Waals surface area (Å²) in [4.78, 5) is 8.26. The molecule has 0 unspecified atom stereocenters. The van der Waals surface area contributed by atoms with Crippen molar-refractivity contribution in [2.75, 3.05) is 0 Å². The molecule has 0 aliphatic rings. The highest BCUT2D eigenvalue weighted by molar-refractivity contribution is 5.73. The molecule has 0 amide bonds. The second-order valence-corrected chi connectivity index (χ2v) is 3.90. The maximum atomic E-state index is 9.86. The number of pyridine rings is 1. The molecule has 0 saturated carbocycles. The summed E-state index contributed by atoms with van der Waals surface area (Å²) in [6, 6.07) is 5.43. The number of rotatable bonds is 3. The molecule has 0 spiro atoms. The van der Waals surface area contributed by atoms with Gasteiger partial charge < -0.3 is 5.11 Å². The average Bonchev–Trinajstić information content (AvgIpc) is 2.67. The zero-order valence-electron chi connectivity index (χ0n) is 9.88. The van der Waals surface area contributed by atoms with Crippen LogP contribution in [0.2, 0.25) is 0 Å². The van der Waals surface area contributed by atoms with Gasteiger partial charge >= 0.3 is 0 Å². The van der Waals surface area contributed by atoms with E-state index in [1.807, 2.05) is 19.9 Å². The smallest absolute Gasteiger partial charge is 0.296 e. The summed E-state index contributed by atoms with van der Waals surface area (Å²) in [6.07, 6.45) is 1.77. The first-order valence-corrected chi connectivity index (χ1v) is 5.69. The van der Waals surface area contributed by atoms with Gasteiger partial charge in [-0.05, 0) is 25.0 Å². The second-order valence-electron chi connectivity index (χ2n) is 3.90. The third-order valence-electron chi connectivity index (χ3n) is 2.94. The van der Waals surface area contributed by atoms with Gasteiger partial charge in [0.25, 0.3) is 6.01 Å². The van der Waals surface area contributed by atoms with E-state index in [4.69, 9.17) is 5.26 Å². The highest BCUT2D eigenvalue weighted by atomic mass is 16.3. The quantitative estimate of drug-likeness (QED) is 0.878. The molecule has 0 aliphatic heterocycles. The third-order valence-corrected chi connectivity index (χ3v) is 2.94. The van der Waals surface area contributed by atoms with Crippen LogP contribution in [0.5, 0.6) is 6.01 Å². The Balaban J connectivity index is 2.68. The van der Waals surface area contributed by atoms with Crippen molar-refractivity contribution in [3.05, 3.63) is 17.8 Å². The summed E-state index contributed by atoms with van der Waals surface area (Å²) in [5.41, 5.74) is 1.54. The van der Waals surface area contributed by atoms with Crippen LogP contribution in [0.3, 0.4) is 0 Å². The monoisotopic (exact) mass is 230 g/mol.